The minimum atomic E-state index is -0.569. The predicted octanol–water partition coefficient (Wildman–Crippen LogP) is 3.59. The van der Waals surface area contributed by atoms with Crippen molar-refractivity contribution in [3.63, 3.8) is 0 Å². The lowest BCUT2D eigenvalue weighted by atomic mass is 9.64. The summed E-state index contributed by atoms with van der Waals surface area (Å²) in [6.45, 7) is 0. The number of nitriles is 1. The maximum atomic E-state index is 12.8. The van der Waals surface area contributed by atoms with E-state index < -0.39 is 5.41 Å². The smallest absolute Gasteiger partial charge is 0.322 e. The number of ether oxygens (including phenoxy) is 2. The molecule has 2 aromatic rings. The standard InChI is InChI=1S/C19H17NO3/c1-22-17-12-14(13-20)8-9-16(17)23-18(21)19(10-5-11-19)15-6-3-2-4-7-15/h2-4,6-9,12H,5,10-11H2,1H3. The molecule has 3 rings (SSSR count). The molecule has 0 aromatic heterocycles. The molecule has 4 nitrogen and oxygen atoms in total. The summed E-state index contributed by atoms with van der Waals surface area (Å²) < 4.78 is 10.9. The average Bonchev–Trinajstić information content (AvgIpc) is 2.55. The zero-order valence-corrected chi connectivity index (χ0v) is 12.9. The lowest BCUT2D eigenvalue weighted by Gasteiger charge is -2.39. The summed E-state index contributed by atoms with van der Waals surface area (Å²) in [5.41, 5.74) is 0.882. The summed E-state index contributed by atoms with van der Waals surface area (Å²) in [6, 6.07) is 16.6. The molecule has 1 aliphatic carbocycles. The van der Waals surface area contributed by atoms with Crippen LogP contribution in [0.3, 0.4) is 0 Å². The highest BCUT2D eigenvalue weighted by atomic mass is 16.6. The number of carbonyl (C=O) groups excluding carboxylic acids is 1. The van der Waals surface area contributed by atoms with Gasteiger partial charge in [-0.15, -0.1) is 0 Å². The van der Waals surface area contributed by atoms with Crippen LogP contribution in [0.15, 0.2) is 48.5 Å². The van der Waals surface area contributed by atoms with E-state index in [0.29, 0.717) is 17.1 Å². The molecule has 0 aliphatic heterocycles. The summed E-state index contributed by atoms with van der Waals surface area (Å²) in [7, 11) is 1.49. The van der Waals surface area contributed by atoms with Crippen molar-refractivity contribution in [2.24, 2.45) is 0 Å². The zero-order valence-electron chi connectivity index (χ0n) is 12.9. The number of benzene rings is 2. The fraction of sp³-hybridized carbons (Fsp3) is 0.263. The van der Waals surface area contributed by atoms with Crippen molar-refractivity contribution in [1.29, 1.82) is 5.26 Å². The molecular weight excluding hydrogens is 290 g/mol. The average molecular weight is 307 g/mol. The van der Waals surface area contributed by atoms with Crippen molar-refractivity contribution in [3.05, 3.63) is 59.7 Å². The highest BCUT2D eigenvalue weighted by Crippen LogP contribution is 2.45. The first kappa shape index (κ1) is 15.1. The Bertz CT molecular complexity index is 758. The number of carbonyl (C=O) groups is 1. The molecule has 2 aromatic carbocycles. The highest BCUT2D eigenvalue weighted by molar-refractivity contribution is 5.86. The Kier molecular flexibility index (Phi) is 4.03. The van der Waals surface area contributed by atoms with Gasteiger partial charge in [0.15, 0.2) is 11.5 Å². The van der Waals surface area contributed by atoms with E-state index in [-0.39, 0.29) is 5.97 Å². The van der Waals surface area contributed by atoms with Gasteiger partial charge in [0.25, 0.3) is 0 Å². The van der Waals surface area contributed by atoms with E-state index in [9.17, 15) is 4.79 Å². The molecule has 1 fully saturated rings. The fourth-order valence-electron chi connectivity index (χ4n) is 2.92. The van der Waals surface area contributed by atoms with Gasteiger partial charge in [0.2, 0.25) is 0 Å². The minimum absolute atomic E-state index is 0.266. The van der Waals surface area contributed by atoms with E-state index in [1.54, 1.807) is 18.2 Å². The third-order valence-electron chi connectivity index (χ3n) is 4.42. The molecule has 1 saturated carbocycles. The molecule has 0 amide bonds. The molecule has 0 heterocycles. The Morgan fingerprint density at radius 2 is 1.87 bits per heavy atom. The van der Waals surface area contributed by atoms with Crippen LogP contribution in [0.25, 0.3) is 0 Å². The maximum Gasteiger partial charge on any atom is 0.322 e. The molecule has 0 bridgehead atoms. The molecule has 0 spiro atoms. The van der Waals surface area contributed by atoms with Crippen molar-refractivity contribution in [1.82, 2.24) is 0 Å². The molecule has 0 atom stereocenters. The van der Waals surface area contributed by atoms with Gasteiger partial charge in [0.1, 0.15) is 0 Å². The van der Waals surface area contributed by atoms with E-state index in [1.807, 2.05) is 36.4 Å². The molecule has 23 heavy (non-hydrogen) atoms. The maximum absolute atomic E-state index is 12.8. The Morgan fingerprint density at radius 1 is 1.13 bits per heavy atom. The Hall–Kier alpha value is -2.80. The van der Waals surface area contributed by atoms with E-state index >= 15 is 0 Å². The van der Waals surface area contributed by atoms with Crippen LogP contribution in [0.1, 0.15) is 30.4 Å². The van der Waals surface area contributed by atoms with Crippen LogP contribution in [0.2, 0.25) is 0 Å². The minimum Gasteiger partial charge on any atom is -0.493 e. The van der Waals surface area contributed by atoms with E-state index in [0.717, 1.165) is 24.8 Å². The van der Waals surface area contributed by atoms with Crippen LogP contribution in [-0.2, 0) is 10.2 Å². The van der Waals surface area contributed by atoms with Gasteiger partial charge in [-0.3, -0.25) is 4.79 Å². The molecule has 4 heteroatoms. The number of nitrogens with zero attached hydrogens (tertiary/aromatic N) is 1. The van der Waals surface area contributed by atoms with Crippen LogP contribution < -0.4 is 9.47 Å². The quantitative estimate of drug-likeness (QED) is 0.639. The molecule has 0 saturated heterocycles. The summed E-state index contributed by atoms with van der Waals surface area (Å²) in [6.07, 6.45) is 2.58. The van der Waals surface area contributed by atoms with Crippen LogP contribution >= 0.6 is 0 Å². The summed E-state index contributed by atoms with van der Waals surface area (Å²) in [5, 5.41) is 8.94. The van der Waals surface area contributed by atoms with Gasteiger partial charge in [-0.25, -0.2) is 0 Å². The predicted molar refractivity (Wildman–Crippen MR) is 85.3 cm³/mol. The van der Waals surface area contributed by atoms with Crippen molar-refractivity contribution < 1.29 is 14.3 Å². The first-order chi connectivity index (χ1) is 11.2. The molecule has 1 aliphatic rings. The second-order valence-corrected chi connectivity index (χ2v) is 5.67. The van der Waals surface area contributed by atoms with Crippen molar-refractivity contribution in [3.8, 4) is 17.6 Å². The highest BCUT2D eigenvalue weighted by Gasteiger charge is 2.47. The topological polar surface area (TPSA) is 59.3 Å². The number of esters is 1. The second kappa shape index (κ2) is 6.13. The van der Waals surface area contributed by atoms with Crippen molar-refractivity contribution in [2.45, 2.75) is 24.7 Å². The largest absolute Gasteiger partial charge is 0.493 e. The summed E-state index contributed by atoms with van der Waals surface area (Å²) in [5.74, 6) is 0.469. The Labute approximate surface area is 135 Å². The summed E-state index contributed by atoms with van der Waals surface area (Å²) in [4.78, 5) is 12.8. The molecule has 0 N–H and O–H groups in total. The van der Waals surface area contributed by atoms with Crippen molar-refractivity contribution in [2.75, 3.05) is 7.11 Å². The van der Waals surface area contributed by atoms with Gasteiger partial charge < -0.3 is 9.47 Å². The third-order valence-corrected chi connectivity index (χ3v) is 4.42. The first-order valence-corrected chi connectivity index (χ1v) is 7.55. The third kappa shape index (κ3) is 2.66. The van der Waals surface area contributed by atoms with Crippen LogP contribution in [-0.4, -0.2) is 13.1 Å². The normalized spacial score (nSPS) is 15.1. The van der Waals surface area contributed by atoms with E-state index in [2.05, 4.69) is 0 Å². The molecular formula is C19H17NO3. The lowest BCUT2D eigenvalue weighted by molar-refractivity contribution is -0.144. The van der Waals surface area contributed by atoms with Gasteiger partial charge in [-0.1, -0.05) is 36.8 Å². The van der Waals surface area contributed by atoms with Crippen LogP contribution in [0, 0.1) is 11.3 Å². The Morgan fingerprint density at radius 3 is 2.43 bits per heavy atom. The van der Waals surface area contributed by atoms with Gasteiger partial charge >= 0.3 is 5.97 Å². The monoisotopic (exact) mass is 307 g/mol. The number of methoxy groups -OCH3 is 1. The number of hydrogen-bond donors (Lipinski definition) is 0. The number of rotatable bonds is 4. The second-order valence-electron chi connectivity index (χ2n) is 5.67. The van der Waals surface area contributed by atoms with Crippen molar-refractivity contribution >= 4 is 5.97 Å². The summed E-state index contributed by atoms with van der Waals surface area (Å²) >= 11 is 0. The number of hydrogen-bond acceptors (Lipinski definition) is 4. The van der Waals surface area contributed by atoms with E-state index in [1.165, 1.54) is 7.11 Å². The van der Waals surface area contributed by atoms with Gasteiger partial charge in [-0.2, -0.15) is 5.26 Å². The van der Waals surface area contributed by atoms with Gasteiger partial charge in [0.05, 0.1) is 24.2 Å². The lowest BCUT2D eigenvalue weighted by Crippen LogP contribution is -2.45. The van der Waals surface area contributed by atoms with Crippen LogP contribution in [0.4, 0.5) is 0 Å². The molecule has 0 radical (unpaired) electrons. The zero-order chi connectivity index (χ0) is 16.3. The van der Waals surface area contributed by atoms with Gasteiger partial charge in [-0.05, 0) is 30.5 Å². The molecule has 116 valence electrons. The van der Waals surface area contributed by atoms with Gasteiger partial charge in [0, 0.05) is 6.07 Å². The van der Waals surface area contributed by atoms with E-state index in [4.69, 9.17) is 14.7 Å². The fourth-order valence-corrected chi connectivity index (χ4v) is 2.92. The SMILES string of the molecule is COc1cc(C#N)ccc1OC(=O)C1(c2ccccc2)CCC1. The molecule has 0 unspecified atom stereocenters. The van der Waals surface area contributed by atoms with Crippen LogP contribution in [0.5, 0.6) is 11.5 Å². The Balaban J connectivity index is 1.88. The first-order valence-electron chi connectivity index (χ1n) is 7.55.